The molecule has 2 aromatic heterocycles. The van der Waals surface area contributed by atoms with Crippen LogP contribution in [0.2, 0.25) is 0 Å². The number of nitrogens with zero attached hydrogens (tertiary/aromatic N) is 5. The summed E-state index contributed by atoms with van der Waals surface area (Å²) in [5.41, 5.74) is 5.07. The molecule has 1 amide bonds. The number of hydrogen-bond acceptors (Lipinski definition) is 9. The SMILES string of the molecule is COc1cc(/C=N/NC(=O)CSc2nnc(-c3nc(C(C)C)cs3)n2-c2ccccc2)ccc1O. The third kappa shape index (κ3) is 5.87. The van der Waals surface area contributed by atoms with Crippen LogP contribution in [0.25, 0.3) is 16.5 Å². The Labute approximate surface area is 210 Å². The number of ether oxygens (including phenoxy) is 1. The lowest BCUT2D eigenvalue weighted by atomic mass is 10.2. The van der Waals surface area contributed by atoms with E-state index in [2.05, 4.69) is 34.6 Å². The van der Waals surface area contributed by atoms with Crippen LogP contribution < -0.4 is 10.2 Å². The third-order valence-electron chi connectivity index (χ3n) is 4.89. The predicted molar refractivity (Wildman–Crippen MR) is 138 cm³/mol. The Morgan fingerprint density at radius 2 is 2.06 bits per heavy atom. The summed E-state index contributed by atoms with van der Waals surface area (Å²) in [6, 6.07) is 14.5. The van der Waals surface area contributed by atoms with Gasteiger partial charge in [0.15, 0.2) is 27.5 Å². The van der Waals surface area contributed by atoms with Crippen LogP contribution in [0.15, 0.2) is 64.2 Å². The molecule has 4 rings (SSSR count). The van der Waals surface area contributed by atoms with Gasteiger partial charge in [0.25, 0.3) is 5.91 Å². The number of para-hydroxylation sites is 1. The second kappa shape index (κ2) is 11.2. The molecule has 0 radical (unpaired) electrons. The van der Waals surface area contributed by atoms with E-state index in [1.54, 1.807) is 12.1 Å². The summed E-state index contributed by atoms with van der Waals surface area (Å²) >= 11 is 2.78. The van der Waals surface area contributed by atoms with Crippen LogP contribution in [-0.2, 0) is 4.79 Å². The van der Waals surface area contributed by atoms with E-state index in [0.717, 1.165) is 16.4 Å². The minimum atomic E-state index is -0.294. The second-order valence-electron chi connectivity index (χ2n) is 7.72. The first kappa shape index (κ1) is 24.4. The lowest BCUT2D eigenvalue weighted by molar-refractivity contribution is -0.118. The molecule has 0 atom stereocenters. The molecule has 2 N–H and O–H groups in total. The maximum atomic E-state index is 12.4. The number of nitrogens with one attached hydrogen (secondary N) is 1. The average molecular weight is 509 g/mol. The van der Waals surface area contributed by atoms with Crippen molar-refractivity contribution in [2.45, 2.75) is 24.9 Å². The summed E-state index contributed by atoms with van der Waals surface area (Å²) in [5.74, 6) is 1.11. The van der Waals surface area contributed by atoms with Gasteiger partial charge in [0.2, 0.25) is 0 Å². The van der Waals surface area contributed by atoms with Crippen LogP contribution in [-0.4, -0.2) is 49.8 Å². The van der Waals surface area contributed by atoms with Crippen molar-refractivity contribution in [3.05, 3.63) is 65.2 Å². The lowest BCUT2D eigenvalue weighted by Crippen LogP contribution is -2.20. The monoisotopic (exact) mass is 508 g/mol. The molecular formula is C24H24N6O3S2. The number of phenolic OH excluding ortho intramolecular Hbond substituents is 1. The molecule has 11 heteroatoms. The van der Waals surface area contributed by atoms with Gasteiger partial charge in [-0.25, -0.2) is 10.4 Å². The number of hydrogen-bond donors (Lipinski definition) is 2. The van der Waals surface area contributed by atoms with Crippen molar-refractivity contribution < 1.29 is 14.6 Å². The quantitative estimate of drug-likeness (QED) is 0.195. The number of amides is 1. The van der Waals surface area contributed by atoms with Gasteiger partial charge < -0.3 is 9.84 Å². The van der Waals surface area contributed by atoms with Crippen LogP contribution in [0.5, 0.6) is 11.5 Å². The molecule has 0 saturated heterocycles. The Hall–Kier alpha value is -3.70. The molecule has 9 nitrogen and oxygen atoms in total. The van der Waals surface area contributed by atoms with Crippen molar-refractivity contribution in [3.63, 3.8) is 0 Å². The van der Waals surface area contributed by atoms with Crippen LogP contribution in [0.4, 0.5) is 0 Å². The highest BCUT2D eigenvalue weighted by Gasteiger charge is 2.20. The number of aromatic hydroxyl groups is 1. The van der Waals surface area contributed by atoms with E-state index in [9.17, 15) is 9.90 Å². The number of rotatable bonds is 9. The van der Waals surface area contributed by atoms with Crippen LogP contribution in [0.3, 0.4) is 0 Å². The molecule has 180 valence electrons. The Balaban J connectivity index is 1.48. The third-order valence-corrected chi connectivity index (χ3v) is 6.68. The topological polar surface area (TPSA) is 115 Å². The number of hydrazone groups is 1. The Kier molecular flexibility index (Phi) is 7.78. The van der Waals surface area contributed by atoms with Crippen LogP contribution >= 0.6 is 23.1 Å². The molecule has 0 saturated carbocycles. The van der Waals surface area contributed by atoms with Crippen LogP contribution in [0, 0.1) is 0 Å². The highest BCUT2D eigenvalue weighted by atomic mass is 32.2. The van der Waals surface area contributed by atoms with E-state index >= 15 is 0 Å². The van der Waals surface area contributed by atoms with E-state index in [1.165, 1.54) is 42.5 Å². The van der Waals surface area contributed by atoms with Gasteiger partial charge in [-0.05, 0) is 41.8 Å². The largest absolute Gasteiger partial charge is 0.504 e. The maximum Gasteiger partial charge on any atom is 0.250 e. The van der Waals surface area contributed by atoms with Crippen molar-refractivity contribution in [1.82, 2.24) is 25.2 Å². The highest BCUT2D eigenvalue weighted by Crippen LogP contribution is 2.31. The van der Waals surface area contributed by atoms with Crippen molar-refractivity contribution in [3.8, 4) is 28.0 Å². The number of thiazole rings is 1. The van der Waals surface area contributed by atoms with Gasteiger partial charge in [-0.1, -0.05) is 43.8 Å². The summed E-state index contributed by atoms with van der Waals surface area (Å²) in [5, 5.41) is 25.8. The second-order valence-corrected chi connectivity index (χ2v) is 9.52. The molecule has 0 fully saturated rings. The van der Waals surface area contributed by atoms with Gasteiger partial charge in [-0.2, -0.15) is 5.10 Å². The Morgan fingerprint density at radius 3 is 2.77 bits per heavy atom. The van der Waals surface area contributed by atoms with Gasteiger partial charge in [-0.15, -0.1) is 21.5 Å². The number of methoxy groups -OCH3 is 1. The number of aromatic nitrogens is 4. The molecule has 0 aliphatic carbocycles. The fraction of sp³-hybridized carbons (Fsp3) is 0.208. The highest BCUT2D eigenvalue weighted by molar-refractivity contribution is 7.99. The van der Waals surface area contributed by atoms with E-state index in [1.807, 2.05) is 40.3 Å². The van der Waals surface area contributed by atoms with Crippen molar-refractivity contribution in [2.75, 3.05) is 12.9 Å². The predicted octanol–water partition coefficient (Wildman–Crippen LogP) is 4.47. The molecule has 0 unspecified atom stereocenters. The number of phenols is 1. The number of carbonyl (C=O) groups is 1. The summed E-state index contributed by atoms with van der Waals surface area (Å²) < 4.78 is 6.98. The summed E-state index contributed by atoms with van der Waals surface area (Å²) in [7, 11) is 1.46. The number of thioether (sulfide) groups is 1. The Morgan fingerprint density at radius 1 is 1.26 bits per heavy atom. The zero-order chi connectivity index (χ0) is 24.8. The number of benzene rings is 2. The maximum absolute atomic E-state index is 12.4. The first-order valence-electron chi connectivity index (χ1n) is 10.7. The molecule has 35 heavy (non-hydrogen) atoms. The van der Waals surface area contributed by atoms with E-state index < -0.39 is 0 Å². The van der Waals surface area contributed by atoms with Crippen molar-refractivity contribution in [1.29, 1.82) is 0 Å². The molecular weight excluding hydrogens is 484 g/mol. The van der Waals surface area contributed by atoms with Gasteiger partial charge in [0.1, 0.15) is 0 Å². The number of carbonyl (C=O) groups excluding carboxylic acids is 1. The van der Waals surface area contributed by atoms with Gasteiger partial charge in [0.05, 0.1) is 24.8 Å². The Bertz CT molecular complexity index is 1330. The summed E-state index contributed by atoms with van der Waals surface area (Å²) in [6.07, 6.45) is 1.48. The summed E-state index contributed by atoms with van der Waals surface area (Å²) in [4.78, 5) is 17.1. The first-order chi connectivity index (χ1) is 17.0. The molecule has 0 bridgehead atoms. The fourth-order valence-electron chi connectivity index (χ4n) is 3.08. The molecule has 4 aromatic rings. The van der Waals surface area contributed by atoms with Gasteiger partial charge in [0, 0.05) is 11.1 Å². The summed E-state index contributed by atoms with van der Waals surface area (Å²) in [6.45, 7) is 4.20. The van der Waals surface area contributed by atoms with E-state index in [4.69, 9.17) is 9.72 Å². The first-order valence-corrected chi connectivity index (χ1v) is 12.6. The molecule has 0 aliphatic rings. The molecule has 0 spiro atoms. The van der Waals surface area contributed by atoms with Crippen molar-refractivity contribution >= 4 is 35.2 Å². The van der Waals surface area contributed by atoms with Crippen LogP contribution in [0.1, 0.15) is 31.0 Å². The fourth-order valence-corrected chi connectivity index (χ4v) is 4.78. The zero-order valence-corrected chi connectivity index (χ0v) is 21.0. The molecule has 2 aromatic carbocycles. The minimum absolute atomic E-state index is 0.0326. The average Bonchev–Trinajstić information content (AvgIpc) is 3.52. The molecule has 2 heterocycles. The minimum Gasteiger partial charge on any atom is -0.504 e. The zero-order valence-electron chi connectivity index (χ0n) is 19.4. The van der Waals surface area contributed by atoms with Gasteiger partial charge >= 0.3 is 0 Å². The van der Waals surface area contributed by atoms with E-state index in [-0.39, 0.29) is 17.4 Å². The smallest absolute Gasteiger partial charge is 0.250 e. The van der Waals surface area contributed by atoms with Gasteiger partial charge in [-0.3, -0.25) is 9.36 Å². The normalized spacial score (nSPS) is 11.3. The van der Waals surface area contributed by atoms with Crippen molar-refractivity contribution in [2.24, 2.45) is 5.10 Å². The molecule has 0 aliphatic heterocycles. The van der Waals surface area contributed by atoms with E-state index in [0.29, 0.717) is 28.2 Å². The lowest BCUT2D eigenvalue weighted by Gasteiger charge is -2.08. The standard InChI is InChI=1S/C24H24N6O3S2/c1-15(2)18-13-34-23(26-18)22-28-29-24(30(22)17-7-5-4-6-8-17)35-14-21(32)27-25-12-16-9-10-19(31)20(11-16)33-3/h4-13,15,31H,14H2,1-3H3,(H,27,32)/b25-12+.